The minimum atomic E-state index is 0.280. The molecule has 2 N–H and O–H groups in total. The maximum absolute atomic E-state index is 6.15. The Labute approximate surface area is 107 Å². The van der Waals surface area contributed by atoms with E-state index >= 15 is 0 Å². The minimum Gasteiger partial charge on any atom is -0.377 e. The van der Waals surface area contributed by atoms with Crippen LogP contribution in [0.25, 0.3) is 0 Å². The molecule has 0 aromatic heterocycles. The molecule has 1 fully saturated rings. The molecule has 1 saturated carbocycles. The Morgan fingerprint density at radius 3 is 2.71 bits per heavy atom. The highest BCUT2D eigenvalue weighted by Gasteiger charge is 2.28. The molecular formula is C15H31NO. The molecule has 0 aromatic carbocycles. The molecule has 0 aliphatic heterocycles. The van der Waals surface area contributed by atoms with Crippen LogP contribution in [0.5, 0.6) is 0 Å². The predicted molar refractivity (Wildman–Crippen MR) is 74.0 cm³/mol. The average molecular weight is 241 g/mol. The van der Waals surface area contributed by atoms with E-state index in [1.165, 1.54) is 38.5 Å². The van der Waals surface area contributed by atoms with Crippen molar-refractivity contribution in [2.75, 3.05) is 6.61 Å². The van der Waals surface area contributed by atoms with Crippen LogP contribution in [-0.4, -0.2) is 18.8 Å². The van der Waals surface area contributed by atoms with Gasteiger partial charge in [0.25, 0.3) is 0 Å². The molecular weight excluding hydrogens is 210 g/mol. The lowest BCUT2D eigenvalue weighted by Crippen LogP contribution is -2.42. The zero-order valence-corrected chi connectivity index (χ0v) is 12.0. The summed E-state index contributed by atoms with van der Waals surface area (Å²) in [6.45, 7) is 7.70. The zero-order chi connectivity index (χ0) is 12.7. The monoisotopic (exact) mass is 241 g/mol. The molecule has 0 amide bonds. The van der Waals surface area contributed by atoms with E-state index in [0.29, 0.717) is 6.10 Å². The van der Waals surface area contributed by atoms with Crippen LogP contribution in [0.2, 0.25) is 0 Å². The number of hydrogen-bond donors (Lipinski definition) is 1. The van der Waals surface area contributed by atoms with Crippen molar-refractivity contribution in [2.24, 2.45) is 17.6 Å². The molecule has 3 atom stereocenters. The smallest absolute Gasteiger partial charge is 0.0728 e. The Kier molecular flexibility index (Phi) is 7.14. The lowest BCUT2D eigenvalue weighted by atomic mass is 9.82. The highest BCUT2D eigenvalue weighted by atomic mass is 16.5. The highest BCUT2D eigenvalue weighted by molar-refractivity contribution is 4.83. The Morgan fingerprint density at radius 2 is 2.06 bits per heavy atom. The van der Waals surface area contributed by atoms with E-state index in [9.17, 15) is 0 Å². The van der Waals surface area contributed by atoms with Gasteiger partial charge in [-0.25, -0.2) is 0 Å². The molecule has 0 spiro atoms. The van der Waals surface area contributed by atoms with Crippen molar-refractivity contribution in [3.63, 3.8) is 0 Å². The van der Waals surface area contributed by atoms with Crippen LogP contribution < -0.4 is 5.73 Å². The first-order valence-corrected chi connectivity index (χ1v) is 7.50. The van der Waals surface area contributed by atoms with Gasteiger partial charge in [0.1, 0.15) is 0 Å². The van der Waals surface area contributed by atoms with E-state index in [1.807, 2.05) is 0 Å². The van der Waals surface area contributed by atoms with Crippen molar-refractivity contribution >= 4 is 0 Å². The van der Waals surface area contributed by atoms with E-state index in [0.717, 1.165) is 24.9 Å². The normalized spacial score (nSPS) is 29.8. The molecule has 0 saturated heterocycles. The van der Waals surface area contributed by atoms with Gasteiger partial charge in [-0.2, -0.15) is 0 Å². The average Bonchev–Trinajstić information content (AvgIpc) is 2.28. The lowest BCUT2D eigenvalue weighted by Gasteiger charge is -2.34. The third-order valence-electron chi connectivity index (χ3n) is 3.91. The van der Waals surface area contributed by atoms with Crippen LogP contribution in [0.3, 0.4) is 0 Å². The van der Waals surface area contributed by atoms with Crippen LogP contribution in [0.1, 0.15) is 65.7 Å². The Morgan fingerprint density at radius 1 is 1.29 bits per heavy atom. The van der Waals surface area contributed by atoms with Crippen molar-refractivity contribution in [3.05, 3.63) is 0 Å². The fraction of sp³-hybridized carbons (Fsp3) is 1.00. The van der Waals surface area contributed by atoms with Crippen molar-refractivity contribution < 1.29 is 4.74 Å². The second kappa shape index (κ2) is 8.10. The van der Waals surface area contributed by atoms with Gasteiger partial charge in [-0.15, -0.1) is 0 Å². The van der Waals surface area contributed by atoms with Crippen LogP contribution in [0, 0.1) is 11.8 Å². The van der Waals surface area contributed by atoms with Gasteiger partial charge in [0, 0.05) is 12.6 Å². The summed E-state index contributed by atoms with van der Waals surface area (Å²) in [5, 5.41) is 0. The molecule has 1 rings (SSSR count). The fourth-order valence-electron chi connectivity index (χ4n) is 2.82. The Balaban J connectivity index is 2.20. The molecule has 0 bridgehead atoms. The van der Waals surface area contributed by atoms with E-state index in [-0.39, 0.29) is 6.04 Å². The largest absolute Gasteiger partial charge is 0.377 e. The first-order chi connectivity index (χ1) is 8.13. The first-order valence-electron chi connectivity index (χ1n) is 7.50. The van der Waals surface area contributed by atoms with Gasteiger partial charge in [-0.3, -0.25) is 0 Å². The number of ether oxygens (including phenoxy) is 1. The molecule has 2 heteroatoms. The van der Waals surface area contributed by atoms with Crippen molar-refractivity contribution in [1.29, 1.82) is 0 Å². The summed E-state index contributed by atoms with van der Waals surface area (Å²) in [6, 6.07) is 0.280. The summed E-state index contributed by atoms with van der Waals surface area (Å²) in [7, 11) is 0. The molecule has 0 heterocycles. The third kappa shape index (κ3) is 5.87. The van der Waals surface area contributed by atoms with Gasteiger partial charge < -0.3 is 10.5 Å². The zero-order valence-electron chi connectivity index (χ0n) is 12.0. The number of nitrogens with two attached hydrogens (primary N) is 1. The summed E-state index contributed by atoms with van der Waals surface area (Å²) < 4.78 is 6.00. The molecule has 1 aliphatic carbocycles. The molecule has 2 nitrogen and oxygen atoms in total. The fourth-order valence-corrected chi connectivity index (χ4v) is 2.82. The quantitative estimate of drug-likeness (QED) is 0.689. The van der Waals surface area contributed by atoms with E-state index in [4.69, 9.17) is 10.5 Å². The molecule has 1 aliphatic rings. The van der Waals surface area contributed by atoms with Crippen LogP contribution >= 0.6 is 0 Å². The van der Waals surface area contributed by atoms with Gasteiger partial charge in [-0.1, -0.05) is 33.6 Å². The molecule has 0 aromatic rings. The van der Waals surface area contributed by atoms with Crippen LogP contribution in [0.15, 0.2) is 0 Å². The standard InChI is InChI=1S/C15H31NO/c1-4-6-13-8-9-14(16)15(11-13)17-10-5-7-12(2)3/h12-15H,4-11,16H2,1-3H3. The molecule has 0 radical (unpaired) electrons. The van der Waals surface area contributed by atoms with Gasteiger partial charge in [0.2, 0.25) is 0 Å². The first kappa shape index (κ1) is 15.0. The number of rotatable bonds is 7. The van der Waals surface area contributed by atoms with Crippen LogP contribution in [0.4, 0.5) is 0 Å². The lowest BCUT2D eigenvalue weighted by molar-refractivity contribution is -0.00381. The Bertz CT molecular complexity index is 193. The number of hydrogen-bond acceptors (Lipinski definition) is 2. The molecule has 3 unspecified atom stereocenters. The van der Waals surface area contributed by atoms with E-state index in [1.54, 1.807) is 0 Å². The van der Waals surface area contributed by atoms with Gasteiger partial charge >= 0.3 is 0 Å². The summed E-state index contributed by atoms with van der Waals surface area (Å²) >= 11 is 0. The predicted octanol–water partition coefficient (Wildman–Crippen LogP) is 3.74. The summed E-state index contributed by atoms with van der Waals surface area (Å²) in [5.41, 5.74) is 6.15. The SMILES string of the molecule is CCCC1CCC(N)C(OCCCC(C)C)C1. The van der Waals surface area contributed by atoms with Crippen molar-refractivity contribution in [2.45, 2.75) is 77.9 Å². The maximum atomic E-state index is 6.15. The summed E-state index contributed by atoms with van der Waals surface area (Å²) in [6.07, 6.45) is 9.06. The van der Waals surface area contributed by atoms with Crippen LogP contribution in [-0.2, 0) is 4.74 Å². The molecule has 102 valence electrons. The summed E-state index contributed by atoms with van der Waals surface area (Å²) in [4.78, 5) is 0. The van der Waals surface area contributed by atoms with Crippen molar-refractivity contribution in [1.82, 2.24) is 0 Å². The van der Waals surface area contributed by atoms with Gasteiger partial charge in [0.15, 0.2) is 0 Å². The molecule has 17 heavy (non-hydrogen) atoms. The topological polar surface area (TPSA) is 35.2 Å². The summed E-state index contributed by atoms with van der Waals surface area (Å²) in [5.74, 6) is 1.64. The van der Waals surface area contributed by atoms with E-state index < -0.39 is 0 Å². The van der Waals surface area contributed by atoms with Gasteiger partial charge in [-0.05, 0) is 43.9 Å². The minimum absolute atomic E-state index is 0.280. The highest BCUT2D eigenvalue weighted by Crippen LogP contribution is 2.29. The second-order valence-electron chi connectivity index (χ2n) is 6.08. The maximum Gasteiger partial charge on any atom is 0.0728 e. The van der Waals surface area contributed by atoms with Crippen molar-refractivity contribution in [3.8, 4) is 0 Å². The van der Waals surface area contributed by atoms with E-state index in [2.05, 4.69) is 20.8 Å². The third-order valence-corrected chi connectivity index (χ3v) is 3.91. The second-order valence-corrected chi connectivity index (χ2v) is 6.08. The Hall–Kier alpha value is -0.0800. The van der Waals surface area contributed by atoms with Gasteiger partial charge in [0.05, 0.1) is 6.10 Å².